The van der Waals surface area contributed by atoms with Crippen molar-refractivity contribution in [2.45, 2.75) is 62.2 Å². The molecule has 38 heavy (non-hydrogen) atoms. The van der Waals surface area contributed by atoms with Gasteiger partial charge in [-0.05, 0) is 67.9 Å². The van der Waals surface area contributed by atoms with Crippen LogP contribution in [-0.4, -0.2) is 18.5 Å². The fourth-order valence-corrected chi connectivity index (χ4v) is 6.93. The molecule has 0 radical (unpaired) electrons. The van der Waals surface area contributed by atoms with E-state index in [4.69, 9.17) is 4.42 Å². The molecule has 7 nitrogen and oxygen atoms in total. The van der Waals surface area contributed by atoms with Crippen LogP contribution in [0.2, 0.25) is 0 Å². The van der Waals surface area contributed by atoms with E-state index >= 15 is 0 Å². The largest absolute Gasteiger partial charge is 0.507 e. The van der Waals surface area contributed by atoms with Crippen LogP contribution in [0.1, 0.15) is 66.9 Å². The fraction of sp³-hybridized carbons (Fsp3) is 0.333. The van der Waals surface area contributed by atoms with Gasteiger partial charge in [0.1, 0.15) is 16.4 Å². The Bertz CT molecular complexity index is 1670. The molecule has 1 fully saturated rings. The molecule has 1 saturated carbocycles. The van der Waals surface area contributed by atoms with E-state index in [0.29, 0.717) is 35.4 Å². The summed E-state index contributed by atoms with van der Waals surface area (Å²) in [6.07, 6.45) is 8.85. The van der Waals surface area contributed by atoms with Crippen molar-refractivity contribution in [3.05, 3.63) is 93.7 Å². The number of sulfonamides is 1. The molecule has 0 amide bonds. The van der Waals surface area contributed by atoms with Crippen LogP contribution in [0.5, 0.6) is 5.75 Å². The maximum atomic E-state index is 13.4. The van der Waals surface area contributed by atoms with Gasteiger partial charge in [0.05, 0.1) is 11.1 Å². The minimum absolute atomic E-state index is 0.0582. The predicted molar refractivity (Wildman–Crippen MR) is 146 cm³/mol. The SMILES string of the molecule is O=c1oc2c(c(O)c1[C@@H](c1cccc(NS(=O)(=O)c3cccc4cccnc34)c1)C1CC1)CCCCCC2. The first-order chi connectivity index (χ1) is 18.4. The van der Waals surface area contributed by atoms with E-state index < -0.39 is 15.6 Å². The quantitative estimate of drug-likeness (QED) is 0.321. The molecule has 0 unspecified atom stereocenters. The maximum absolute atomic E-state index is 13.4. The van der Waals surface area contributed by atoms with Crippen LogP contribution < -0.4 is 10.3 Å². The Morgan fingerprint density at radius 3 is 2.55 bits per heavy atom. The molecule has 0 aliphatic heterocycles. The lowest BCUT2D eigenvalue weighted by Crippen LogP contribution is -2.19. The van der Waals surface area contributed by atoms with Crippen molar-refractivity contribution in [3.63, 3.8) is 0 Å². The van der Waals surface area contributed by atoms with Crippen molar-refractivity contribution in [2.24, 2.45) is 5.92 Å². The lowest BCUT2D eigenvalue weighted by molar-refractivity contribution is 0.382. The summed E-state index contributed by atoms with van der Waals surface area (Å²) in [5.41, 5.74) is 2.12. The zero-order valence-corrected chi connectivity index (χ0v) is 21.8. The third kappa shape index (κ3) is 4.69. The molecular formula is C30H30N2O5S. The van der Waals surface area contributed by atoms with Crippen LogP contribution in [0.4, 0.5) is 5.69 Å². The molecule has 2 aromatic heterocycles. The van der Waals surface area contributed by atoms with Crippen LogP contribution >= 0.6 is 0 Å². The van der Waals surface area contributed by atoms with Gasteiger partial charge in [-0.15, -0.1) is 0 Å². The highest BCUT2D eigenvalue weighted by atomic mass is 32.2. The van der Waals surface area contributed by atoms with Crippen molar-refractivity contribution >= 4 is 26.6 Å². The van der Waals surface area contributed by atoms with Crippen LogP contribution in [-0.2, 0) is 22.9 Å². The number of aromatic hydroxyl groups is 1. The molecule has 4 aromatic rings. The minimum atomic E-state index is -3.93. The van der Waals surface area contributed by atoms with Gasteiger partial charge in [0.2, 0.25) is 0 Å². The average Bonchev–Trinajstić information content (AvgIpc) is 3.72. The van der Waals surface area contributed by atoms with E-state index in [0.717, 1.165) is 55.0 Å². The molecule has 2 aliphatic carbocycles. The summed E-state index contributed by atoms with van der Waals surface area (Å²) in [4.78, 5) is 17.6. The highest BCUT2D eigenvalue weighted by Gasteiger charge is 2.38. The lowest BCUT2D eigenvalue weighted by atomic mass is 9.85. The fourth-order valence-electron chi connectivity index (χ4n) is 5.70. The van der Waals surface area contributed by atoms with Gasteiger partial charge in [0, 0.05) is 35.2 Å². The number of anilines is 1. The van der Waals surface area contributed by atoms with E-state index in [9.17, 15) is 18.3 Å². The van der Waals surface area contributed by atoms with E-state index in [1.807, 2.05) is 18.2 Å². The van der Waals surface area contributed by atoms with Gasteiger partial charge in [-0.1, -0.05) is 43.2 Å². The lowest BCUT2D eigenvalue weighted by Gasteiger charge is -2.22. The maximum Gasteiger partial charge on any atom is 0.343 e. The molecule has 0 saturated heterocycles. The molecule has 2 aromatic carbocycles. The number of hydrogen-bond acceptors (Lipinski definition) is 6. The van der Waals surface area contributed by atoms with Crippen LogP contribution in [0.3, 0.4) is 0 Å². The first-order valence-corrected chi connectivity index (χ1v) is 14.7. The van der Waals surface area contributed by atoms with Gasteiger partial charge in [-0.25, -0.2) is 13.2 Å². The van der Waals surface area contributed by atoms with Gasteiger partial charge in [0.25, 0.3) is 10.0 Å². The molecular weight excluding hydrogens is 500 g/mol. The van der Waals surface area contributed by atoms with E-state index in [-0.39, 0.29) is 22.5 Å². The second-order valence-corrected chi connectivity index (χ2v) is 12.0. The van der Waals surface area contributed by atoms with Gasteiger partial charge in [-0.3, -0.25) is 9.71 Å². The standard InChI is InChI=1S/C30H30N2O5S/c33-29-23-12-3-1-2-4-13-24(23)37-30(34)27(29)26(19-15-16-19)21-9-5-11-22(18-21)32-38(35,36)25-14-6-8-20-10-7-17-31-28(20)25/h5-11,14,17-19,26,32-33H,1-4,12-13,15-16H2/t26-/m1/s1. The van der Waals surface area contributed by atoms with E-state index in [1.165, 1.54) is 6.07 Å². The summed E-state index contributed by atoms with van der Waals surface area (Å²) >= 11 is 0. The number of nitrogens with one attached hydrogen (secondary N) is 1. The first-order valence-electron chi connectivity index (χ1n) is 13.3. The summed E-state index contributed by atoms with van der Waals surface area (Å²) < 4.78 is 35.3. The molecule has 2 N–H and O–H groups in total. The van der Waals surface area contributed by atoms with Crippen molar-refractivity contribution in [2.75, 3.05) is 4.72 Å². The minimum Gasteiger partial charge on any atom is -0.507 e. The number of aryl methyl sites for hydroxylation is 1. The zero-order chi connectivity index (χ0) is 26.3. The molecule has 2 heterocycles. The zero-order valence-electron chi connectivity index (χ0n) is 21.0. The highest BCUT2D eigenvalue weighted by Crippen LogP contribution is 2.49. The predicted octanol–water partition coefficient (Wildman–Crippen LogP) is 5.90. The van der Waals surface area contributed by atoms with Crippen LogP contribution in [0.15, 0.2) is 74.9 Å². The third-order valence-electron chi connectivity index (χ3n) is 7.68. The first kappa shape index (κ1) is 24.7. The Morgan fingerprint density at radius 1 is 0.974 bits per heavy atom. The molecule has 0 bridgehead atoms. The molecule has 2 aliphatic rings. The van der Waals surface area contributed by atoms with Gasteiger partial charge in [0.15, 0.2) is 0 Å². The molecule has 6 rings (SSSR count). The van der Waals surface area contributed by atoms with Gasteiger partial charge in [-0.2, -0.15) is 0 Å². The average molecular weight is 531 g/mol. The topological polar surface area (TPSA) is 109 Å². The number of pyridine rings is 1. The molecule has 0 spiro atoms. The summed E-state index contributed by atoms with van der Waals surface area (Å²) in [5, 5.41) is 12.1. The summed E-state index contributed by atoms with van der Waals surface area (Å²) in [5.74, 6) is 0.480. The van der Waals surface area contributed by atoms with Crippen molar-refractivity contribution in [1.29, 1.82) is 0 Å². The van der Waals surface area contributed by atoms with Gasteiger partial charge >= 0.3 is 5.63 Å². The molecule has 8 heteroatoms. The number of aromatic nitrogens is 1. The van der Waals surface area contributed by atoms with E-state index in [2.05, 4.69) is 9.71 Å². The Labute approximate surface area is 221 Å². The Kier molecular flexibility index (Phi) is 6.43. The molecule has 1 atom stereocenters. The number of para-hydroxylation sites is 1. The smallest absolute Gasteiger partial charge is 0.343 e. The Hall–Kier alpha value is -3.65. The highest BCUT2D eigenvalue weighted by molar-refractivity contribution is 7.93. The normalized spacial score (nSPS) is 16.8. The van der Waals surface area contributed by atoms with Crippen LogP contribution in [0.25, 0.3) is 10.9 Å². The van der Waals surface area contributed by atoms with Gasteiger partial charge < -0.3 is 9.52 Å². The van der Waals surface area contributed by atoms with E-state index in [1.54, 1.807) is 36.5 Å². The number of hydrogen-bond donors (Lipinski definition) is 2. The Balaban J connectivity index is 1.38. The summed E-state index contributed by atoms with van der Waals surface area (Å²) in [6, 6.07) is 15.7. The number of fused-ring (bicyclic) bond motifs is 2. The van der Waals surface area contributed by atoms with Crippen molar-refractivity contribution < 1.29 is 17.9 Å². The number of nitrogens with zero attached hydrogens (tertiary/aromatic N) is 1. The number of rotatable bonds is 6. The Morgan fingerprint density at radius 2 is 1.74 bits per heavy atom. The second kappa shape index (κ2) is 9.91. The monoisotopic (exact) mass is 530 g/mol. The number of benzene rings is 2. The summed E-state index contributed by atoms with van der Waals surface area (Å²) in [6.45, 7) is 0. The second-order valence-electron chi connectivity index (χ2n) is 10.3. The summed E-state index contributed by atoms with van der Waals surface area (Å²) in [7, 11) is -3.93. The van der Waals surface area contributed by atoms with Crippen LogP contribution in [0, 0.1) is 5.92 Å². The third-order valence-corrected chi connectivity index (χ3v) is 9.09. The molecule has 196 valence electrons. The van der Waals surface area contributed by atoms with Crippen molar-refractivity contribution in [3.8, 4) is 5.75 Å². The van der Waals surface area contributed by atoms with Crippen molar-refractivity contribution in [1.82, 2.24) is 4.98 Å².